The molecule has 1 amide bonds. The van der Waals surface area contributed by atoms with Crippen LogP contribution in [0, 0.1) is 0 Å². The van der Waals surface area contributed by atoms with Crippen LogP contribution in [0.4, 0.5) is 11.4 Å². The molecule has 1 saturated heterocycles. The number of ether oxygens (including phenoxy) is 1. The summed E-state index contributed by atoms with van der Waals surface area (Å²) in [7, 11) is 0. The van der Waals surface area contributed by atoms with Gasteiger partial charge in [0.1, 0.15) is 5.38 Å². The van der Waals surface area contributed by atoms with Gasteiger partial charge in [-0.1, -0.05) is 11.6 Å². The number of carbonyl (C=O) groups is 1. The summed E-state index contributed by atoms with van der Waals surface area (Å²) in [4.78, 5) is 13.7. The van der Waals surface area contributed by atoms with E-state index in [-0.39, 0.29) is 5.91 Å². The van der Waals surface area contributed by atoms with Crippen molar-refractivity contribution in [2.45, 2.75) is 12.3 Å². The number of amides is 1. The molecule has 0 aromatic heterocycles. The van der Waals surface area contributed by atoms with Crippen molar-refractivity contribution in [1.82, 2.24) is 0 Å². The number of benzene rings is 1. The molecule has 0 aliphatic carbocycles. The van der Waals surface area contributed by atoms with Crippen molar-refractivity contribution < 1.29 is 9.53 Å². The van der Waals surface area contributed by atoms with Gasteiger partial charge in [-0.05, 0) is 25.1 Å². The lowest BCUT2D eigenvalue weighted by Crippen LogP contribution is -2.36. The predicted molar refractivity (Wildman–Crippen MR) is 78.4 cm³/mol. The standard InChI is InChI=1S/C13H16Cl2N2O2/c1-9(14)13(18)16-10-2-3-12(11(15)8-10)17-4-6-19-7-5-17/h2-3,8-9H,4-7H2,1H3,(H,16,18)/t9-/m0/s1. The summed E-state index contributed by atoms with van der Waals surface area (Å²) in [6, 6.07) is 5.47. The third-order valence-electron chi connectivity index (χ3n) is 2.93. The van der Waals surface area contributed by atoms with Crippen LogP contribution in [0.3, 0.4) is 0 Å². The number of hydrogen-bond donors (Lipinski definition) is 1. The summed E-state index contributed by atoms with van der Waals surface area (Å²) in [6.07, 6.45) is 0. The Hall–Kier alpha value is -0.970. The quantitative estimate of drug-likeness (QED) is 0.873. The second-order valence-electron chi connectivity index (χ2n) is 4.37. The number of alkyl halides is 1. The molecule has 1 N–H and O–H groups in total. The zero-order valence-electron chi connectivity index (χ0n) is 10.7. The third kappa shape index (κ3) is 3.75. The van der Waals surface area contributed by atoms with Gasteiger partial charge in [0.15, 0.2) is 0 Å². The molecule has 1 heterocycles. The van der Waals surface area contributed by atoms with Crippen LogP contribution in [-0.4, -0.2) is 37.6 Å². The smallest absolute Gasteiger partial charge is 0.242 e. The van der Waals surface area contributed by atoms with Gasteiger partial charge >= 0.3 is 0 Å². The lowest BCUT2D eigenvalue weighted by molar-refractivity contribution is -0.115. The van der Waals surface area contributed by atoms with Crippen molar-refractivity contribution in [2.24, 2.45) is 0 Å². The van der Waals surface area contributed by atoms with E-state index in [1.54, 1.807) is 13.0 Å². The molecule has 19 heavy (non-hydrogen) atoms. The van der Waals surface area contributed by atoms with Gasteiger partial charge in [-0.3, -0.25) is 4.79 Å². The van der Waals surface area contributed by atoms with E-state index in [1.165, 1.54) is 0 Å². The van der Waals surface area contributed by atoms with Gasteiger partial charge in [0.25, 0.3) is 0 Å². The minimum absolute atomic E-state index is 0.239. The third-order valence-corrected chi connectivity index (χ3v) is 3.43. The van der Waals surface area contributed by atoms with Crippen molar-refractivity contribution in [3.05, 3.63) is 23.2 Å². The van der Waals surface area contributed by atoms with E-state index in [2.05, 4.69) is 10.2 Å². The van der Waals surface area contributed by atoms with E-state index in [1.807, 2.05) is 12.1 Å². The van der Waals surface area contributed by atoms with Crippen LogP contribution in [0.2, 0.25) is 5.02 Å². The largest absolute Gasteiger partial charge is 0.378 e. The summed E-state index contributed by atoms with van der Waals surface area (Å²) in [5.41, 5.74) is 1.61. The first kappa shape index (κ1) is 14.4. The van der Waals surface area contributed by atoms with Crippen LogP contribution in [0.25, 0.3) is 0 Å². The molecule has 1 aromatic carbocycles. The maximum absolute atomic E-state index is 11.5. The van der Waals surface area contributed by atoms with Crippen molar-refractivity contribution in [2.75, 3.05) is 36.5 Å². The Balaban J connectivity index is 2.10. The Morgan fingerprint density at radius 1 is 1.42 bits per heavy atom. The van der Waals surface area contributed by atoms with Crippen LogP contribution in [0.15, 0.2) is 18.2 Å². The highest BCUT2D eigenvalue weighted by atomic mass is 35.5. The lowest BCUT2D eigenvalue weighted by atomic mass is 10.2. The molecule has 0 saturated carbocycles. The molecule has 104 valence electrons. The monoisotopic (exact) mass is 302 g/mol. The van der Waals surface area contributed by atoms with E-state index < -0.39 is 5.38 Å². The first-order chi connectivity index (χ1) is 9.08. The molecular formula is C13H16Cl2N2O2. The Kier molecular flexibility index (Phi) is 4.91. The summed E-state index contributed by atoms with van der Waals surface area (Å²) >= 11 is 12.0. The second kappa shape index (κ2) is 6.46. The number of nitrogens with one attached hydrogen (secondary N) is 1. The molecular weight excluding hydrogens is 287 g/mol. The average Bonchev–Trinajstić information content (AvgIpc) is 2.39. The number of rotatable bonds is 3. The van der Waals surface area contributed by atoms with Crippen molar-refractivity contribution in [3.8, 4) is 0 Å². The van der Waals surface area contributed by atoms with Crippen molar-refractivity contribution in [3.63, 3.8) is 0 Å². The SMILES string of the molecule is C[C@H](Cl)C(=O)Nc1ccc(N2CCOCC2)c(Cl)c1. The number of hydrogen-bond acceptors (Lipinski definition) is 3. The molecule has 0 bridgehead atoms. The van der Waals surface area contributed by atoms with Crippen LogP contribution < -0.4 is 10.2 Å². The Labute approximate surface area is 122 Å². The van der Waals surface area contributed by atoms with Gasteiger partial charge < -0.3 is 15.0 Å². The minimum Gasteiger partial charge on any atom is -0.378 e. The molecule has 6 heteroatoms. The van der Waals surface area contributed by atoms with E-state index in [9.17, 15) is 4.79 Å². The molecule has 4 nitrogen and oxygen atoms in total. The molecule has 1 aliphatic heterocycles. The van der Waals surface area contributed by atoms with Crippen LogP contribution in [-0.2, 0) is 9.53 Å². The van der Waals surface area contributed by atoms with Crippen molar-refractivity contribution in [1.29, 1.82) is 0 Å². The summed E-state index contributed by atoms with van der Waals surface area (Å²) in [6.45, 7) is 4.69. The van der Waals surface area contributed by atoms with Crippen molar-refractivity contribution >= 4 is 40.5 Å². The van der Waals surface area contributed by atoms with Gasteiger partial charge in [0.05, 0.1) is 23.9 Å². The number of morpholine rings is 1. The zero-order valence-corrected chi connectivity index (χ0v) is 12.2. The Morgan fingerprint density at radius 3 is 2.68 bits per heavy atom. The van der Waals surface area contributed by atoms with E-state index in [0.717, 1.165) is 18.8 Å². The van der Waals surface area contributed by atoms with Gasteiger partial charge in [0.2, 0.25) is 5.91 Å². The molecule has 1 atom stereocenters. The van der Waals surface area contributed by atoms with Gasteiger partial charge in [-0.25, -0.2) is 0 Å². The fourth-order valence-electron chi connectivity index (χ4n) is 1.89. The van der Waals surface area contributed by atoms with Gasteiger partial charge in [0, 0.05) is 18.8 Å². The number of anilines is 2. The number of halogens is 2. The minimum atomic E-state index is -0.572. The molecule has 0 spiro atoms. The maximum atomic E-state index is 11.5. The molecule has 1 fully saturated rings. The van der Waals surface area contributed by atoms with Crippen LogP contribution in [0.1, 0.15) is 6.92 Å². The molecule has 0 radical (unpaired) electrons. The second-order valence-corrected chi connectivity index (χ2v) is 5.43. The van der Waals surface area contributed by atoms with Gasteiger partial charge in [-0.15, -0.1) is 11.6 Å². The topological polar surface area (TPSA) is 41.6 Å². The predicted octanol–water partition coefficient (Wildman–Crippen LogP) is 2.74. The molecule has 1 aliphatic rings. The lowest BCUT2D eigenvalue weighted by Gasteiger charge is -2.29. The maximum Gasteiger partial charge on any atom is 0.242 e. The first-order valence-electron chi connectivity index (χ1n) is 6.15. The number of nitrogens with zero attached hydrogens (tertiary/aromatic N) is 1. The Morgan fingerprint density at radius 2 is 2.11 bits per heavy atom. The fraction of sp³-hybridized carbons (Fsp3) is 0.462. The first-order valence-corrected chi connectivity index (χ1v) is 6.96. The average molecular weight is 303 g/mol. The normalized spacial score (nSPS) is 17.1. The van der Waals surface area contributed by atoms with E-state index >= 15 is 0 Å². The zero-order chi connectivity index (χ0) is 13.8. The Bertz CT molecular complexity index is 460. The highest BCUT2D eigenvalue weighted by Crippen LogP contribution is 2.29. The van der Waals surface area contributed by atoms with E-state index in [4.69, 9.17) is 27.9 Å². The summed E-state index contributed by atoms with van der Waals surface area (Å²) in [5.74, 6) is -0.239. The summed E-state index contributed by atoms with van der Waals surface area (Å²) in [5, 5.41) is 2.76. The fourth-order valence-corrected chi connectivity index (χ4v) is 2.24. The van der Waals surface area contributed by atoms with Gasteiger partial charge in [-0.2, -0.15) is 0 Å². The highest BCUT2D eigenvalue weighted by Gasteiger charge is 2.15. The van der Waals surface area contributed by atoms with Crippen LogP contribution >= 0.6 is 23.2 Å². The van der Waals surface area contributed by atoms with Crippen LogP contribution in [0.5, 0.6) is 0 Å². The van der Waals surface area contributed by atoms with E-state index in [0.29, 0.717) is 23.9 Å². The molecule has 0 unspecified atom stereocenters. The molecule has 1 aromatic rings. The number of carbonyl (C=O) groups excluding carboxylic acids is 1. The highest BCUT2D eigenvalue weighted by molar-refractivity contribution is 6.34. The summed E-state index contributed by atoms with van der Waals surface area (Å²) < 4.78 is 5.31. The molecule has 2 rings (SSSR count).